The smallest absolute Gasteiger partial charge is 0.174 e. The number of hydrogen-bond acceptors (Lipinski definition) is 9. The van der Waals surface area contributed by atoms with E-state index in [1.54, 1.807) is 0 Å². The lowest BCUT2D eigenvalue weighted by Gasteiger charge is -2.64. The van der Waals surface area contributed by atoms with Crippen LogP contribution in [-0.4, -0.2) is 59.8 Å². The van der Waals surface area contributed by atoms with Crippen molar-refractivity contribution in [1.29, 1.82) is 0 Å². The summed E-state index contributed by atoms with van der Waals surface area (Å²) in [5.74, 6) is -0.285. The Hall–Kier alpha value is -2.85. The van der Waals surface area contributed by atoms with E-state index in [1.165, 1.54) is 12.1 Å². The lowest BCUT2D eigenvalue weighted by atomic mass is 9.43. The fraction of sp³-hybridized carbons (Fsp3) is 0.717. The number of ketones is 1. The van der Waals surface area contributed by atoms with Crippen LogP contribution in [0.5, 0.6) is 23.0 Å². The molecule has 2 aromatic carbocycles. The summed E-state index contributed by atoms with van der Waals surface area (Å²) in [5.41, 5.74) is -0.363. The van der Waals surface area contributed by atoms with Crippen molar-refractivity contribution in [1.82, 2.24) is 0 Å². The standard InChI is InChI=1S/C46H62O9/c1-22-9-11-30-41(3,4)32(50)13-15-43(30,7)45(22)19-26-28(48)17-24(21-47)34(39(26)54-45)36-37(52)25-18-29(49)27-20-46(55-40(27)35(25)38(36)53)23(2)10-12-31-42(5,6)33(51)14-16-44(31,46)8/h17-18,22-23,30-33,36,38,47-51,53H,9-16,19-21H2,1-8H3/t22-,23-,30-,31+,32-,33-,36+,38+,43+,44+,45-,46-/m1/s1. The first-order chi connectivity index (χ1) is 25.7. The van der Waals surface area contributed by atoms with Crippen molar-refractivity contribution < 1.29 is 44.9 Å². The summed E-state index contributed by atoms with van der Waals surface area (Å²) in [6, 6.07) is 3.02. The summed E-state index contributed by atoms with van der Waals surface area (Å²) >= 11 is 0. The van der Waals surface area contributed by atoms with Crippen LogP contribution >= 0.6 is 0 Å². The summed E-state index contributed by atoms with van der Waals surface area (Å²) in [4.78, 5) is 14.8. The molecular formula is C46H62O9. The first-order valence-electron chi connectivity index (χ1n) is 21.1. The average Bonchev–Trinajstić information content (AvgIpc) is 3.80. The normalized spacial score (nSPS) is 43.3. The van der Waals surface area contributed by atoms with Crippen LogP contribution < -0.4 is 9.47 Å². The maximum atomic E-state index is 14.8. The number of hydrogen-bond donors (Lipinski definition) is 6. The van der Waals surface area contributed by atoms with Gasteiger partial charge >= 0.3 is 0 Å². The molecule has 0 aromatic heterocycles. The summed E-state index contributed by atoms with van der Waals surface area (Å²) in [6.45, 7) is 17.1. The molecule has 0 amide bonds. The molecule has 4 fully saturated rings. The Balaban J connectivity index is 1.15. The molecule has 0 unspecified atom stereocenters. The van der Waals surface area contributed by atoms with E-state index in [1.807, 2.05) is 0 Å². The number of Topliss-reactive ketones (excluding diaryl/α,β-unsaturated/α-hetero) is 1. The number of benzene rings is 2. The number of carbonyl (C=O) groups excluding carboxylic acids is 1. The summed E-state index contributed by atoms with van der Waals surface area (Å²) in [5, 5.41) is 69.0. The molecule has 55 heavy (non-hydrogen) atoms. The Bertz CT molecular complexity index is 1990. The molecule has 12 atom stereocenters. The highest BCUT2D eigenvalue weighted by Crippen LogP contribution is 2.70. The van der Waals surface area contributed by atoms with Gasteiger partial charge in [-0.25, -0.2) is 0 Å². The van der Waals surface area contributed by atoms with Crippen molar-refractivity contribution in [2.24, 2.45) is 45.3 Å². The summed E-state index contributed by atoms with van der Waals surface area (Å²) < 4.78 is 14.6. The Morgan fingerprint density at radius 2 is 1.13 bits per heavy atom. The zero-order chi connectivity index (χ0) is 39.6. The van der Waals surface area contributed by atoms with Crippen molar-refractivity contribution in [3.05, 3.63) is 45.5 Å². The number of aromatic hydroxyl groups is 2. The van der Waals surface area contributed by atoms with Gasteiger partial charge in [0, 0.05) is 51.5 Å². The van der Waals surface area contributed by atoms with Gasteiger partial charge in [0.25, 0.3) is 0 Å². The fourth-order valence-electron chi connectivity index (χ4n) is 14.8. The lowest BCUT2D eigenvalue weighted by molar-refractivity contribution is -0.210. The number of rotatable bonds is 2. The van der Waals surface area contributed by atoms with Gasteiger partial charge in [-0.05, 0) is 104 Å². The number of aliphatic hydroxyl groups excluding tert-OH is 4. The van der Waals surface area contributed by atoms with Gasteiger partial charge in [0.05, 0.1) is 30.8 Å². The van der Waals surface area contributed by atoms with E-state index in [2.05, 4.69) is 55.4 Å². The molecule has 300 valence electrons. The van der Waals surface area contributed by atoms with Gasteiger partial charge in [0.1, 0.15) is 34.2 Å². The average molecular weight is 759 g/mol. The van der Waals surface area contributed by atoms with E-state index < -0.39 is 42.0 Å². The van der Waals surface area contributed by atoms with Crippen LogP contribution in [0.2, 0.25) is 0 Å². The quantitative estimate of drug-likeness (QED) is 0.184. The van der Waals surface area contributed by atoms with Gasteiger partial charge in [-0.3, -0.25) is 4.79 Å². The molecule has 0 saturated heterocycles. The van der Waals surface area contributed by atoms with E-state index in [4.69, 9.17) is 9.47 Å². The molecule has 0 bridgehead atoms. The Kier molecular flexibility index (Phi) is 7.98. The van der Waals surface area contributed by atoms with Crippen LogP contribution in [0.1, 0.15) is 157 Å². The minimum absolute atomic E-state index is 0.00331. The van der Waals surface area contributed by atoms with Gasteiger partial charge < -0.3 is 40.1 Å². The first-order valence-corrected chi connectivity index (χ1v) is 21.1. The van der Waals surface area contributed by atoms with E-state index in [0.29, 0.717) is 65.0 Å². The largest absolute Gasteiger partial charge is 0.508 e. The second kappa shape index (κ2) is 11.6. The predicted octanol–water partition coefficient (Wildman–Crippen LogP) is 7.42. The number of ether oxygens (including phenoxy) is 2. The molecule has 9 rings (SSSR count). The van der Waals surface area contributed by atoms with E-state index in [0.717, 1.165) is 38.5 Å². The van der Waals surface area contributed by atoms with Gasteiger partial charge in [0.2, 0.25) is 0 Å². The third kappa shape index (κ3) is 4.42. The van der Waals surface area contributed by atoms with E-state index in [9.17, 15) is 35.4 Å². The highest BCUT2D eigenvalue weighted by molar-refractivity contribution is 6.08. The van der Waals surface area contributed by atoms with Crippen LogP contribution in [0.4, 0.5) is 0 Å². The molecule has 9 heteroatoms. The number of aliphatic hydroxyl groups is 4. The summed E-state index contributed by atoms with van der Waals surface area (Å²) in [7, 11) is 0. The topological polar surface area (TPSA) is 157 Å². The van der Waals surface area contributed by atoms with Gasteiger partial charge in [-0.15, -0.1) is 0 Å². The van der Waals surface area contributed by atoms with Crippen molar-refractivity contribution in [2.75, 3.05) is 0 Å². The lowest BCUT2D eigenvalue weighted by Crippen LogP contribution is -2.66. The fourth-order valence-corrected chi connectivity index (χ4v) is 14.8. The molecular weight excluding hydrogens is 696 g/mol. The molecule has 0 radical (unpaired) electrons. The minimum Gasteiger partial charge on any atom is -0.508 e. The molecule has 2 aromatic rings. The molecule has 9 nitrogen and oxygen atoms in total. The van der Waals surface area contributed by atoms with Crippen molar-refractivity contribution >= 4 is 5.78 Å². The highest BCUT2D eigenvalue weighted by Gasteiger charge is 2.69. The number of fused-ring (bicyclic) bond motifs is 8. The van der Waals surface area contributed by atoms with Gasteiger partial charge in [0.15, 0.2) is 5.78 Å². The molecule has 2 aliphatic heterocycles. The Labute approximate surface area is 325 Å². The second-order valence-corrected chi connectivity index (χ2v) is 20.9. The maximum absolute atomic E-state index is 14.8. The van der Waals surface area contributed by atoms with Crippen molar-refractivity contribution in [3.63, 3.8) is 0 Å². The van der Waals surface area contributed by atoms with E-state index in [-0.39, 0.29) is 68.2 Å². The van der Waals surface area contributed by atoms with Crippen LogP contribution in [0.15, 0.2) is 12.1 Å². The molecule has 7 aliphatic rings. The molecule has 4 saturated carbocycles. The molecule has 5 aliphatic carbocycles. The zero-order valence-corrected chi connectivity index (χ0v) is 34.0. The third-order valence-corrected chi connectivity index (χ3v) is 18.2. The number of phenols is 2. The monoisotopic (exact) mass is 758 g/mol. The summed E-state index contributed by atoms with van der Waals surface area (Å²) in [6.07, 6.45) is 5.13. The maximum Gasteiger partial charge on any atom is 0.174 e. The molecule has 2 heterocycles. The van der Waals surface area contributed by atoms with Crippen LogP contribution in [0.3, 0.4) is 0 Å². The van der Waals surface area contributed by atoms with Gasteiger partial charge in [-0.2, -0.15) is 0 Å². The van der Waals surface area contributed by atoms with Crippen molar-refractivity contribution in [3.8, 4) is 23.0 Å². The zero-order valence-electron chi connectivity index (χ0n) is 34.0. The van der Waals surface area contributed by atoms with Crippen LogP contribution in [0, 0.1) is 45.3 Å². The number of carbonyl (C=O) groups is 1. The SMILES string of the molecule is C[C@@H]1CC[C@@H]2C(C)(C)[C@H](O)CC[C@]2(C)[C@@]12Cc1c(O)cc(CO)c([C@H]3C(=O)c4cc(O)c5c(c4[C@@H]3O)O[C@]3(C5)[C@H](C)CC[C@H]4C(C)(C)[C@H](O)CC[C@@]43C)c1O2. The Morgan fingerprint density at radius 1 is 0.673 bits per heavy atom. The highest BCUT2D eigenvalue weighted by atomic mass is 16.5. The second-order valence-electron chi connectivity index (χ2n) is 20.9. The molecule has 2 spiro atoms. The Morgan fingerprint density at radius 3 is 1.60 bits per heavy atom. The first kappa shape index (κ1) is 37.7. The van der Waals surface area contributed by atoms with Crippen LogP contribution in [-0.2, 0) is 19.4 Å². The van der Waals surface area contributed by atoms with E-state index >= 15 is 0 Å². The number of phenolic OH excluding ortho intramolecular Hbond substituents is 2. The third-order valence-electron chi connectivity index (χ3n) is 18.2. The minimum atomic E-state index is -1.35. The van der Waals surface area contributed by atoms with Gasteiger partial charge in [-0.1, -0.05) is 55.4 Å². The molecule has 6 N–H and O–H groups in total. The van der Waals surface area contributed by atoms with Crippen molar-refractivity contribution in [2.45, 2.75) is 162 Å². The predicted molar refractivity (Wildman–Crippen MR) is 206 cm³/mol. The van der Waals surface area contributed by atoms with Crippen LogP contribution in [0.25, 0.3) is 0 Å².